The lowest BCUT2D eigenvalue weighted by Crippen LogP contribution is -1.98. The van der Waals surface area contributed by atoms with Gasteiger partial charge in [0.05, 0.1) is 11.4 Å². The summed E-state index contributed by atoms with van der Waals surface area (Å²) in [6, 6.07) is 10.4. The summed E-state index contributed by atoms with van der Waals surface area (Å²) in [5.74, 6) is 0.0863. The second-order valence-electron chi connectivity index (χ2n) is 5.13. The highest BCUT2D eigenvalue weighted by Gasteiger charge is 2.12. The van der Waals surface area contributed by atoms with Gasteiger partial charge in [-0.15, -0.1) is 15.3 Å². The number of hydrogen-bond donors (Lipinski definition) is 2. The molecule has 0 atom stereocenters. The standard InChI is InChI=1S/C16H14N6O3/c1-9-8-12(23)14(16(24)25-9)20-22-15-13(10(2)17-21-15)19-18-11-6-4-3-5-7-11/h3-8,23H,1-2H3,(H,17,21). The summed E-state index contributed by atoms with van der Waals surface area (Å²) in [6.45, 7) is 3.30. The molecule has 0 aliphatic rings. The average Bonchev–Trinajstić information content (AvgIpc) is 2.93. The quantitative estimate of drug-likeness (QED) is 0.677. The van der Waals surface area contributed by atoms with Gasteiger partial charge in [0.15, 0.2) is 11.4 Å². The zero-order valence-corrected chi connectivity index (χ0v) is 13.5. The predicted octanol–water partition coefficient (Wildman–Crippen LogP) is 4.52. The molecule has 9 heteroatoms. The summed E-state index contributed by atoms with van der Waals surface area (Å²) in [5.41, 5.74) is 0.582. The van der Waals surface area contributed by atoms with Crippen molar-refractivity contribution in [2.45, 2.75) is 13.8 Å². The van der Waals surface area contributed by atoms with Gasteiger partial charge in [0.25, 0.3) is 0 Å². The third-order valence-corrected chi connectivity index (χ3v) is 3.19. The average molecular weight is 338 g/mol. The predicted molar refractivity (Wildman–Crippen MR) is 89.5 cm³/mol. The Hall–Kier alpha value is -3.62. The first-order valence-electron chi connectivity index (χ1n) is 7.32. The molecule has 0 bridgehead atoms. The van der Waals surface area contributed by atoms with Crippen LogP contribution < -0.4 is 5.63 Å². The molecule has 0 unspecified atom stereocenters. The van der Waals surface area contributed by atoms with Crippen molar-refractivity contribution in [3.63, 3.8) is 0 Å². The minimum Gasteiger partial charge on any atom is -0.505 e. The fourth-order valence-corrected chi connectivity index (χ4v) is 1.98. The van der Waals surface area contributed by atoms with Gasteiger partial charge in [-0.3, -0.25) is 5.10 Å². The first kappa shape index (κ1) is 16.2. The van der Waals surface area contributed by atoms with E-state index in [0.29, 0.717) is 17.1 Å². The van der Waals surface area contributed by atoms with Crippen LogP contribution in [0.15, 0.2) is 66.1 Å². The van der Waals surface area contributed by atoms with Crippen LogP contribution >= 0.6 is 0 Å². The third kappa shape index (κ3) is 3.66. The van der Waals surface area contributed by atoms with Gasteiger partial charge in [-0.1, -0.05) is 18.2 Å². The molecule has 2 heterocycles. The number of H-pyrrole nitrogens is 1. The Kier molecular flexibility index (Phi) is 4.46. The van der Waals surface area contributed by atoms with Gasteiger partial charge in [0.1, 0.15) is 5.76 Å². The van der Waals surface area contributed by atoms with E-state index in [1.807, 2.05) is 18.2 Å². The molecule has 2 N–H and O–H groups in total. The molecule has 0 fully saturated rings. The number of aromatic nitrogens is 2. The third-order valence-electron chi connectivity index (χ3n) is 3.19. The van der Waals surface area contributed by atoms with Gasteiger partial charge in [0.2, 0.25) is 11.5 Å². The van der Waals surface area contributed by atoms with Crippen molar-refractivity contribution in [1.82, 2.24) is 10.2 Å². The summed E-state index contributed by atoms with van der Waals surface area (Å²) in [5, 5.41) is 32.3. The van der Waals surface area contributed by atoms with Crippen LogP contribution in [0.4, 0.5) is 22.9 Å². The Morgan fingerprint density at radius 3 is 2.48 bits per heavy atom. The van der Waals surface area contributed by atoms with Gasteiger partial charge in [0, 0.05) is 6.07 Å². The molecule has 1 aromatic carbocycles. The van der Waals surface area contributed by atoms with E-state index in [4.69, 9.17) is 4.42 Å². The minimum absolute atomic E-state index is 0.136. The van der Waals surface area contributed by atoms with Crippen LogP contribution in [0.3, 0.4) is 0 Å². The van der Waals surface area contributed by atoms with Crippen LogP contribution in [0, 0.1) is 13.8 Å². The van der Waals surface area contributed by atoms with Crippen molar-refractivity contribution < 1.29 is 9.52 Å². The highest BCUT2D eigenvalue weighted by atomic mass is 16.4. The van der Waals surface area contributed by atoms with Gasteiger partial charge in [-0.25, -0.2) is 4.79 Å². The number of aromatic amines is 1. The lowest BCUT2D eigenvalue weighted by atomic mass is 10.3. The van der Waals surface area contributed by atoms with Crippen molar-refractivity contribution in [3.05, 3.63) is 58.3 Å². The summed E-state index contributed by atoms with van der Waals surface area (Å²) >= 11 is 0. The number of nitrogens with one attached hydrogen (secondary N) is 1. The molecule has 0 amide bonds. The molecule has 126 valence electrons. The number of aryl methyl sites for hydroxylation is 2. The van der Waals surface area contributed by atoms with Crippen molar-refractivity contribution >= 4 is 22.9 Å². The van der Waals surface area contributed by atoms with Crippen LogP contribution in [0.25, 0.3) is 0 Å². The van der Waals surface area contributed by atoms with E-state index in [1.54, 1.807) is 26.0 Å². The molecule has 9 nitrogen and oxygen atoms in total. The smallest absolute Gasteiger partial charge is 0.367 e. The molecule has 0 spiro atoms. The highest BCUT2D eigenvalue weighted by Crippen LogP contribution is 2.32. The van der Waals surface area contributed by atoms with Gasteiger partial charge in [-0.2, -0.15) is 10.2 Å². The van der Waals surface area contributed by atoms with Crippen LogP contribution in [0.2, 0.25) is 0 Å². The van der Waals surface area contributed by atoms with Crippen LogP contribution in [0.1, 0.15) is 11.5 Å². The van der Waals surface area contributed by atoms with E-state index in [1.165, 1.54) is 6.07 Å². The zero-order chi connectivity index (χ0) is 17.8. The fraction of sp³-hybridized carbons (Fsp3) is 0.125. The molecule has 25 heavy (non-hydrogen) atoms. The fourth-order valence-electron chi connectivity index (χ4n) is 1.98. The molecule has 0 aliphatic heterocycles. The van der Waals surface area contributed by atoms with Crippen molar-refractivity contribution in [2.24, 2.45) is 20.5 Å². The largest absolute Gasteiger partial charge is 0.505 e. The molecule has 3 aromatic rings. The Balaban J connectivity index is 1.92. The maximum Gasteiger partial charge on any atom is 0.367 e. The summed E-state index contributed by atoms with van der Waals surface area (Å²) in [6.07, 6.45) is 0. The summed E-state index contributed by atoms with van der Waals surface area (Å²) in [7, 11) is 0. The lowest BCUT2D eigenvalue weighted by Gasteiger charge is -1.97. The monoisotopic (exact) mass is 338 g/mol. The first-order chi connectivity index (χ1) is 12.0. The van der Waals surface area contributed by atoms with Crippen LogP contribution in [0.5, 0.6) is 5.75 Å². The van der Waals surface area contributed by atoms with Gasteiger partial charge in [-0.05, 0) is 26.0 Å². The molecular weight excluding hydrogens is 324 g/mol. The minimum atomic E-state index is -0.791. The highest BCUT2D eigenvalue weighted by molar-refractivity contribution is 5.59. The van der Waals surface area contributed by atoms with Crippen molar-refractivity contribution in [2.75, 3.05) is 0 Å². The van der Waals surface area contributed by atoms with E-state index in [-0.39, 0.29) is 23.0 Å². The molecule has 0 aliphatic carbocycles. The Bertz CT molecular complexity index is 1000. The Morgan fingerprint density at radius 2 is 1.76 bits per heavy atom. The number of rotatable bonds is 4. The molecule has 2 aromatic heterocycles. The number of aromatic hydroxyl groups is 1. The van der Waals surface area contributed by atoms with Crippen molar-refractivity contribution in [3.8, 4) is 5.75 Å². The maximum atomic E-state index is 11.7. The number of hydrogen-bond acceptors (Lipinski definition) is 8. The normalized spacial score (nSPS) is 11.6. The summed E-state index contributed by atoms with van der Waals surface area (Å²) in [4.78, 5) is 11.7. The van der Waals surface area contributed by atoms with E-state index >= 15 is 0 Å². The van der Waals surface area contributed by atoms with E-state index in [9.17, 15) is 9.90 Å². The van der Waals surface area contributed by atoms with Gasteiger partial charge < -0.3 is 9.52 Å². The molecule has 0 saturated heterocycles. The zero-order valence-electron chi connectivity index (χ0n) is 13.5. The van der Waals surface area contributed by atoms with Gasteiger partial charge >= 0.3 is 5.63 Å². The maximum absolute atomic E-state index is 11.7. The first-order valence-corrected chi connectivity index (χ1v) is 7.32. The SMILES string of the molecule is Cc1cc(O)c(N=Nc2n[nH]c(C)c2N=Nc2ccccc2)c(=O)o1. The second kappa shape index (κ2) is 6.87. The van der Waals surface area contributed by atoms with Crippen LogP contribution in [-0.2, 0) is 0 Å². The number of benzene rings is 1. The molecule has 0 saturated carbocycles. The second-order valence-corrected chi connectivity index (χ2v) is 5.13. The van der Waals surface area contributed by atoms with E-state index < -0.39 is 5.63 Å². The van der Waals surface area contributed by atoms with E-state index in [0.717, 1.165) is 0 Å². The van der Waals surface area contributed by atoms with E-state index in [2.05, 4.69) is 30.7 Å². The molecule has 3 rings (SSSR count). The Morgan fingerprint density at radius 1 is 1.04 bits per heavy atom. The van der Waals surface area contributed by atoms with Crippen LogP contribution in [-0.4, -0.2) is 15.3 Å². The molecule has 0 radical (unpaired) electrons. The lowest BCUT2D eigenvalue weighted by molar-refractivity contribution is 0.437. The topological polar surface area (TPSA) is 129 Å². The van der Waals surface area contributed by atoms with Crippen molar-refractivity contribution in [1.29, 1.82) is 0 Å². The summed E-state index contributed by atoms with van der Waals surface area (Å²) < 4.78 is 4.88. The number of azo groups is 2. The Labute approximate surface area is 141 Å². The molecular formula is C16H14N6O3. The number of nitrogens with zero attached hydrogens (tertiary/aromatic N) is 5.